The average molecular weight is 390 g/mol. The molecular weight excluding hydrogens is 362 g/mol. The van der Waals surface area contributed by atoms with Gasteiger partial charge < -0.3 is 10.2 Å². The molecular formula is C20H27N3O3S. The van der Waals surface area contributed by atoms with Crippen molar-refractivity contribution in [3.63, 3.8) is 0 Å². The Morgan fingerprint density at radius 1 is 1.15 bits per heavy atom. The highest BCUT2D eigenvalue weighted by molar-refractivity contribution is 7.98. The maximum absolute atomic E-state index is 12.9. The first-order valence-electron chi connectivity index (χ1n) is 9.53. The van der Waals surface area contributed by atoms with Crippen molar-refractivity contribution < 1.29 is 14.4 Å². The summed E-state index contributed by atoms with van der Waals surface area (Å²) in [6, 6.07) is 9.82. The lowest BCUT2D eigenvalue weighted by atomic mass is 9.81. The van der Waals surface area contributed by atoms with Crippen LogP contribution in [0.15, 0.2) is 30.3 Å². The summed E-state index contributed by atoms with van der Waals surface area (Å²) in [4.78, 5) is 40.2. The van der Waals surface area contributed by atoms with E-state index in [-0.39, 0.29) is 24.4 Å². The summed E-state index contributed by atoms with van der Waals surface area (Å²) in [5.41, 5.74) is 0.532. The zero-order valence-corrected chi connectivity index (χ0v) is 16.6. The van der Waals surface area contributed by atoms with E-state index in [0.717, 1.165) is 35.7 Å². The van der Waals surface area contributed by atoms with Gasteiger partial charge in [-0.25, -0.2) is 4.79 Å². The number of hydrogen-bond donors (Lipinski definition) is 1. The molecule has 4 amide bonds. The monoisotopic (exact) mass is 389 g/mol. The highest BCUT2D eigenvalue weighted by Crippen LogP contribution is 2.39. The lowest BCUT2D eigenvalue weighted by molar-refractivity contribution is -0.137. The van der Waals surface area contributed by atoms with Crippen molar-refractivity contribution in [2.45, 2.75) is 43.4 Å². The fourth-order valence-electron chi connectivity index (χ4n) is 3.90. The minimum Gasteiger partial charge on any atom is -0.354 e. The first-order chi connectivity index (χ1) is 13.0. The number of nitrogens with one attached hydrogen (secondary N) is 1. The van der Waals surface area contributed by atoms with E-state index in [1.165, 1.54) is 5.56 Å². The van der Waals surface area contributed by atoms with Crippen LogP contribution in [0.3, 0.4) is 0 Å². The topological polar surface area (TPSA) is 69.7 Å². The third-order valence-corrected chi connectivity index (χ3v) is 6.50. The van der Waals surface area contributed by atoms with E-state index in [9.17, 15) is 14.4 Å². The highest BCUT2D eigenvalue weighted by Gasteiger charge is 2.55. The van der Waals surface area contributed by atoms with Crippen molar-refractivity contribution in [3.05, 3.63) is 35.9 Å². The summed E-state index contributed by atoms with van der Waals surface area (Å²) in [6.07, 6.45) is 4.38. The zero-order chi connectivity index (χ0) is 19.3. The molecule has 1 heterocycles. The van der Waals surface area contributed by atoms with Crippen LogP contribution >= 0.6 is 11.8 Å². The Kier molecular flexibility index (Phi) is 6.42. The van der Waals surface area contributed by atoms with Gasteiger partial charge in [0.1, 0.15) is 12.1 Å². The van der Waals surface area contributed by atoms with E-state index in [2.05, 4.69) is 17.4 Å². The summed E-state index contributed by atoms with van der Waals surface area (Å²) in [7, 11) is 1.68. The number of carbonyl (C=O) groups is 3. The second kappa shape index (κ2) is 8.78. The van der Waals surface area contributed by atoms with E-state index in [1.54, 1.807) is 23.7 Å². The summed E-state index contributed by atoms with van der Waals surface area (Å²) in [5, 5.41) is 2.82. The van der Waals surface area contributed by atoms with Crippen molar-refractivity contribution in [1.82, 2.24) is 15.1 Å². The molecule has 6 nitrogen and oxygen atoms in total. The smallest absolute Gasteiger partial charge is 0.327 e. The standard InChI is InChI=1S/C20H27N3O3S/c1-22-19(26)23(18(25)20(22)10-6-3-7-11-20)14-17(24)21-12-13-27-15-16-8-4-2-5-9-16/h2,4-5,8-9H,3,6-7,10-15H2,1H3,(H,21,24). The Bertz CT molecular complexity index is 689. The molecule has 0 aromatic heterocycles. The molecule has 0 radical (unpaired) electrons. The van der Waals surface area contributed by atoms with Gasteiger partial charge in [0.25, 0.3) is 5.91 Å². The number of urea groups is 1. The number of imide groups is 1. The van der Waals surface area contributed by atoms with Crippen molar-refractivity contribution in [3.8, 4) is 0 Å². The zero-order valence-electron chi connectivity index (χ0n) is 15.8. The van der Waals surface area contributed by atoms with E-state index in [4.69, 9.17) is 0 Å². The number of likely N-dealkylation sites (N-methyl/N-ethyl adjacent to an activating group) is 1. The largest absolute Gasteiger partial charge is 0.354 e. The van der Waals surface area contributed by atoms with Crippen molar-refractivity contribution in [2.75, 3.05) is 25.9 Å². The van der Waals surface area contributed by atoms with E-state index >= 15 is 0 Å². The third kappa shape index (κ3) is 4.29. The minimum atomic E-state index is -0.721. The van der Waals surface area contributed by atoms with Gasteiger partial charge in [-0.1, -0.05) is 49.6 Å². The Morgan fingerprint density at radius 2 is 1.85 bits per heavy atom. The van der Waals surface area contributed by atoms with Crippen LogP contribution in [-0.4, -0.2) is 59.1 Å². The number of benzene rings is 1. The lowest BCUT2D eigenvalue weighted by Crippen LogP contribution is -2.49. The molecule has 2 aliphatic rings. The number of nitrogens with zero attached hydrogens (tertiary/aromatic N) is 2. The molecule has 146 valence electrons. The van der Waals surface area contributed by atoms with Crippen LogP contribution in [0.4, 0.5) is 4.79 Å². The quantitative estimate of drug-likeness (QED) is 0.575. The fraction of sp³-hybridized carbons (Fsp3) is 0.550. The van der Waals surface area contributed by atoms with Gasteiger partial charge in [-0.2, -0.15) is 11.8 Å². The van der Waals surface area contributed by atoms with Crippen molar-refractivity contribution in [1.29, 1.82) is 0 Å². The molecule has 1 spiro atoms. The van der Waals surface area contributed by atoms with Crippen molar-refractivity contribution >= 4 is 29.6 Å². The van der Waals surface area contributed by atoms with Gasteiger partial charge in [0.15, 0.2) is 0 Å². The number of rotatable bonds is 7. The molecule has 1 saturated heterocycles. The SMILES string of the molecule is CN1C(=O)N(CC(=O)NCCSCc2ccccc2)C(=O)C12CCCCC2. The Morgan fingerprint density at radius 3 is 2.56 bits per heavy atom. The molecule has 1 aromatic rings. The summed E-state index contributed by atoms with van der Waals surface area (Å²) < 4.78 is 0. The first kappa shape index (κ1) is 19.7. The van der Waals surface area contributed by atoms with Crippen LogP contribution in [0, 0.1) is 0 Å². The minimum absolute atomic E-state index is 0.187. The van der Waals surface area contributed by atoms with Gasteiger partial charge >= 0.3 is 6.03 Å². The number of hydrogen-bond acceptors (Lipinski definition) is 4. The van der Waals surface area contributed by atoms with Crippen LogP contribution in [0.5, 0.6) is 0 Å². The predicted molar refractivity (Wildman–Crippen MR) is 106 cm³/mol. The molecule has 2 fully saturated rings. The molecule has 3 rings (SSSR count). The Labute approximate surface area is 164 Å². The normalized spacial score (nSPS) is 19.0. The summed E-state index contributed by atoms with van der Waals surface area (Å²) >= 11 is 1.74. The maximum Gasteiger partial charge on any atom is 0.327 e. The number of amides is 4. The Hall–Kier alpha value is -2.02. The third-order valence-electron chi connectivity index (χ3n) is 5.47. The average Bonchev–Trinajstić information content (AvgIpc) is 2.85. The van der Waals surface area contributed by atoms with Crippen LogP contribution in [-0.2, 0) is 15.3 Å². The molecule has 1 aromatic carbocycles. The molecule has 0 atom stereocenters. The van der Waals surface area contributed by atoms with Gasteiger partial charge in [-0.15, -0.1) is 0 Å². The van der Waals surface area contributed by atoms with E-state index in [0.29, 0.717) is 19.4 Å². The molecule has 7 heteroatoms. The van der Waals surface area contributed by atoms with Gasteiger partial charge in [-0.3, -0.25) is 14.5 Å². The van der Waals surface area contributed by atoms with Gasteiger partial charge in [0, 0.05) is 25.1 Å². The molecule has 1 aliphatic heterocycles. The van der Waals surface area contributed by atoms with Crippen LogP contribution < -0.4 is 5.32 Å². The number of thioether (sulfide) groups is 1. The molecule has 0 bridgehead atoms. The molecule has 1 N–H and O–H groups in total. The van der Waals surface area contributed by atoms with E-state index < -0.39 is 5.54 Å². The van der Waals surface area contributed by atoms with Gasteiger partial charge in [-0.05, 0) is 18.4 Å². The van der Waals surface area contributed by atoms with Gasteiger partial charge in [0.05, 0.1) is 0 Å². The molecule has 27 heavy (non-hydrogen) atoms. The van der Waals surface area contributed by atoms with Crippen LogP contribution in [0.2, 0.25) is 0 Å². The molecule has 1 saturated carbocycles. The predicted octanol–water partition coefficient (Wildman–Crippen LogP) is 2.63. The molecule has 0 unspecified atom stereocenters. The lowest BCUT2D eigenvalue weighted by Gasteiger charge is -2.35. The Balaban J connectivity index is 1.43. The second-order valence-corrected chi connectivity index (χ2v) is 8.32. The summed E-state index contributed by atoms with van der Waals surface area (Å²) in [5.74, 6) is 1.20. The van der Waals surface area contributed by atoms with Crippen molar-refractivity contribution in [2.24, 2.45) is 0 Å². The highest BCUT2D eigenvalue weighted by atomic mass is 32.2. The number of carbonyl (C=O) groups excluding carboxylic acids is 3. The second-order valence-electron chi connectivity index (χ2n) is 7.21. The maximum atomic E-state index is 12.9. The summed E-state index contributed by atoms with van der Waals surface area (Å²) in [6.45, 7) is 0.334. The van der Waals surface area contributed by atoms with Crippen LogP contribution in [0.1, 0.15) is 37.7 Å². The fourth-order valence-corrected chi connectivity index (χ4v) is 4.72. The van der Waals surface area contributed by atoms with Crippen LogP contribution in [0.25, 0.3) is 0 Å². The van der Waals surface area contributed by atoms with E-state index in [1.807, 2.05) is 18.2 Å². The first-order valence-corrected chi connectivity index (χ1v) is 10.7. The molecule has 1 aliphatic carbocycles. The van der Waals surface area contributed by atoms with Gasteiger partial charge in [0.2, 0.25) is 5.91 Å².